The Morgan fingerprint density at radius 3 is 1.96 bits per heavy atom. The zero-order valence-electron chi connectivity index (χ0n) is 13.7. The number of halogens is 3. The van der Waals surface area contributed by atoms with Crippen molar-refractivity contribution in [1.82, 2.24) is 10.1 Å². The van der Waals surface area contributed by atoms with Crippen molar-refractivity contribution in [2.24, 2.45) is 0 Å². The molecule has 0 aliphatic rings. The van der Waals surface area contributed by atoms with Gasteiger partial charge >= 0.3 is 6.18 Å². The first-order valence-corrected chi connectivity index (χ1v) is 7.92. The van der Waals surface area contributed by atoms with Crippen LogP contribution in [0.4, 0.5) is 13.2 Å². The molecule has 0 unspecified atom stereocenters. The predicted octanol–water partition coefficient (Wildman–Crippen LogP) is 5.41. The Labute approximate surface area is 137 Å². The summed E-state index contributed by atoms with van der Waals surface area (Å²) in [6.07, 6.45) is -4.33. The summed E-state index contributed by atoms with van der Waals surface area (Å²) in [6, 6.07) is 5.06. The lowest BCUT2D eigenvalue weighted by Crippen LogP contribution is -2.16. The average Bonchev–Trinajstić information content (AvgIpc) is 2.88. The molecule has 0 N–H and O–H groups in total. The van der Waals surface area contributed by atoms with Crippen LogP contribution >= 0.6 is 11.8 Å². The zero-order chi connectivity index (χ0) is 17.5. The number of hydrogen-bond donors (Lipinski definition) is 0. The highest BCUT2D eigenvalue weighted by molar-refractivity contribution is 8.00. The van der Waals surface area contributed by atoms with Crippen molar-refractivity contribution in [2.75, 3.05) is 0 Å². The van der Waals surface area contributed by atoms with E-state index in [1.165, 1.54) is 23.9 Å². The van der Waals surface area contributed by atoms with E-state index < -0.39 is 16.5 Å². The molecule has 0 fully saturated rings. The van der Waals surface area contributed by atoms with E-state index in [0.717, 1.165) is 12.1 Å². The smallest absolute Gasteiger partial charge is 0.338 e. The third-order valence-electron chi connectivity index (χ3n) is 3.17. The van der Waals surface area contributed by atoms with Crippen LogP contribution in [0.2, 0.25) is 0 Å². The molecular formula is C16H19F3N2OS. The molecule has 23 heavy (non-hydrogen) atoms. The molecule has 3 nitrogen and oxygen atoms in total. The van der Waals surface area contributed by atoms with E-state index in [0.29, 0.717) is 16.6 Å². The number of nitrogens with zero attached hydrogens (tertiary/aromatic N) is 2. The van der Waals surface area contributed by atoms with Crippen molar-refractivity contribution in [1.29, 1.82) is 0 Å². The maximum atomic E-state index is 12.6. The Morgan fingerprint density at radius 1 is 0.957 bits per heavy atom. The van der Waals surface area contributed by atoms with E-state index in [9.17, 15) is 13.2 Å². The molecule has 0 amide bonds. The number of benzene rings is 1. The lowest BCUT2D eigenvalue weighted by Gasteiger charge is -2.19. The van der Waals surface area contributed by atoms with Crippen LogP contribution in [0.1, 0.15) is 51.9 Å². The standard InChI is InChI=1S/C16H19F3N2OS/c1-14(2,3)12-20-13(22-21-12)15(4,5)23-11-8-6-10(7-9-11)16(17,18)19/h6-9H,1-5H3. The molecule has 0 spiro atoms. The van der Waals surface area contributed by atoms with Crippen LogP contribution in [0.25, 0.3) is 0 Å². The van der Waals surface area contributed by atoms with Gasteiger partial charge in [-0.1, -0.05) is 25.9 Å². The lowest BCUT2D eigenvalue weighted by molar-refractivity contribution is -0.137. The van der Waals surface area contributed by atoms with Gasteiger partial charge in [-0.2, -0.15) is 18.2 Å². The normalized spacial score (nSPS) is 13.4. The molecular weight excluding hydrogens is 325 g/mol. The van der Waals surface area contributed by atoms with Crippen molar-refractivity contribution in [3.63, 3.8) is 0 Å². The highest BCUT2D eigenvalue weighted by atomic mass is 32.2. The first kappa shape index (κ1) is 17.8. The maximum absolute atomic E-state index is 12.6. The van der Waals surface area contributed by atoms with E-state index in [1.807, 2.05) is 34.6 Å². The molecule has 0 aliphatic carbocycles. The topological polar surface area (TPSA) is 38.9 Å². The van der Waals surface area contributed by atoms with Crippen LogP contribution in [0.3, 0.4) is 0 Å². The van der Waals surface area contributed by atoms with Gasteiger partial charge in [0, 0.05) is 10.3 Å². The fourth-order valence-electron chi connectivity index (χ4n) is 1.82. The van der Waals surface area contributed by atoms with Gasteiger partial charge in [-0.15, -0.1) is 11.8 Å². The molecule has 0 bridgehead atoms. The van der Waals surface area contributed by atoms with Crippen LogP contribution in [0.15, 0.2) is 33.7 Å². The quantitative estimate of drug-likeness (QED) is 0.698. The Morgan fingerprint density at radius 2 is 1.52 bits per heavy atom. The Bertz CT molecular complexity index is 670. The Balaban J connectivity index is 2.19. The first-order chi connectivity index (χ1) is 10.4. The number of aromatic nitrogens is 2. The molecule has 1 aromatic heterocycles. The molecule has 0 radical (unpaired) electrons. The second kappa shape index (κ2) is 5.85. The summed E-state index contributed by atoms with van der Waals surface area (Å²) in [5, 5.41) is 3.99. The minimum Gasteiger partial charge on any atom is -0.338 e. The molecule has 126 valence electrons. The molecule has 0 aliphatic heterocycles. The van der Waals surface area contributed by atoms with Gasteiger partial charge in [0.25, 0.3) is 0 Å². The zero-order valence-corrected chi connectivity index (χ0v) is 14.5. The van der Waals surface area contributed by atoms with Gasteiger partial charge in [-0.25, -0.2) is 0 Å². The number of hydrogen-bond acceptors (Lipinski definition) is 4. The monoisotopic (exact) mass is 344 g/mol. The van der Waals surface area contributed by atoms with E-state index in [-0.39, 0.29) is 5.41 Å². The first-order valence-electron chi connectivity index (χ1n) is 7.10. The van der Waals surface area contributed by atoms with Crippen molar-refractivity contribution >= 4 is 11.8 Å². The van der Waals surface area contributed by atoms with Gasteiger partial charge in [0.1, 0.15) is 0 Å². The van der Waals surface area contributed by atoms with Crippen molar-refractivity contribution in [3.8, 4) is 0 Å². The van der Waals surface area contributed by atoms with Crippen LogP contribution in [0, 0.1) is 0 Å². The summed E-state index contributed by atoms with van der Waals surface area (Å²) >= 11 is 1.38. The summed E-state index contributed by atoms with van der Waals surface area (Å²) in [4.78, 5) is 5.13. The summed E-state index contributed by atoms with van der Waals surface area (Å²) in [7, 11) is 0. The van der Waals surface area contributed by atoms with E-state index >= 15 is 0 Å². The summed E-state index contributed by atoms with van der Waals surface area (Å²) in [5.41, 5.74) is -0.885. The summed E-state index contributed by atoms with van der Waals surface area (Å²) in [6.45, 7) is 9.75. The second-order valence-corrected chi connectivity index (χ2v) is 8.50. The summed E-state index contributed by atoms with van der Waals surface area (Å²) < 4.78 is 42.6. The molecule has 1 heterocycles. The fourth-order valence-corrected chi connectivity index (χ4v) is 2.85. The number of rotatable bonds is 3. The van der Waals surface area contributed by atoms with E-state index in [1.54, 1.807) is 0 Å². The highest BCUT2D eigenvalue weighted by Gasteiger charge is 2.33. The van der Waals surface area contributed by atoms with E-state index in [2.05, 4.69) is 10.1 Å². The Hall–Kier alpha value is -1.50. The number of thioether (sulfide) groups is 1. The molecule has 0 saturated heterocycles. The van der Waals surface area contributed by atoms with Gasteiger partial charge in [0.15, 0.2) is 5.82 Å². The van der Waals surface area contributed by atoms with Gasteiger partial charge in [0.05, 0.1) is 10.3 Å². The van der Waals surface area contributed by atoms with Crippen molar-refractivity contribution in [3.05, 3.63) is 41.5 Å². The minimum absolute atomic E-state index is 0.225. The average molecular weight is 344 g/mol. The predicted molar refractivity (Wildman–Crippen MR) is 83.3 cm³/mol. The van der Waals surface area contributed by atoms with Crippen molar-refractivity contribution in [2.45, 2.75) is 55.9 Å². The van der Waals surface area contributed by atoms with Gasteiger partial charge in [-0.3, -0.25) is 0 Å². The molecule has 1 aromatic carbocycles. The third kappa shape index (κ3) is 4.28. The van der Waals surface area contributed by atoms with E-state index in [4.69, 9.17) is 4.52 Å². The van der Waals surface area contributed by atoms with Gasteiger partial charge in [-0.05, 0) is 38.1 Å². The van der Waals surface area contributed by atoms with Crippen molar-refractivity contribution < 1.29 is 17.7 Å². The minimum atomic E-state index is -4.33. The highest BCUT2D eigenvalue weighted by Crippen LogP contribution is 2.41. The molecule has 0 saturated carbocycles. The largest absolute Gasteiger partial charge is 0.416 e. The lowest BCUT2D eigenvalue weighted by atomic mass is 9.96. The van der Waals surface area contributed by atoms with Crippen LogP contribution in [-0.2, 0) is 16.3 Å². The van der Waals surface area contributed by atoms with Gasteiger partial charge in [0.2, 0.25) is 5.89 Å². The summed E-state index contributed by atoms with van der Waals surface area (Å²) in [5.74, 6) is 1.06. The molecule has 7 heteroatoms. The maximum Gasteiger partial charge on any atom is 0.416 e. The van der Waals surface area contributed by atoms with Crippen LogP contribution in [-0.4, -0.2) is 10.1 Å². The van der Waals surface area contributed by atoms with Crippen LogP contribution in [0.5, 0.6) is 0 Å². The number of alkyl halides is 3. The Kier molecular flexibility index (Phi) is 4.54. The molecule has 2 rings (SSSR count). The molecule has 2 aromatic rings. The van der Waals surface area contributed by atoms with Crippen LogP contribution < -0.4 is 0 Å². The second-order valence-electron chi connectivity index (χ2n) is 6.81. The SMILES string of the molecule is CC(C)(C)c1noc(C(C)(C)Sc2ccc(C(F)(F)F)cc2)n1. The third-order valence-corrected chi connectivity index (χ3v) is 4.36. The van der Waals surface area contributed by atoms with Gasteiger partial charge < -0.3 is 4.52 Å². The fraction of sp³-hybridized carbons (Fsp3) is 0.500. The molecule has 0 atom stereocenters.